The Hall–Kier alpha value is -0.840. The van der Waals surface area contributed by atoms with Crippen LogP contribution >= 0.6 is 11.6 Å². The molecule has 0 radical (unpaired) electrons. The minimum Gasteiger partial charge on any atom is -0.385 e. The molecule has 0 aliphatic rings. The maximum Gasteiger partial charge on any atom is 0.128 e. The highest BCUT2D eigenvalue weighted by Gasteiger charge is 2.06. The Morgan fingerprint density at radius 1 is 1.53 bits per heavy atom. The molecule has 0 bridgehead atoms. The van der Waals surface area contributed by atoms with Gasteiger partial charge in [0.15, 0.2) is 0 Å². The number of halogens is 1. The van der Waals surface area contributed by atoms with Gasteiger partial charge in [0.2, 0.25) is 0 Å². The number of hydrogen-bond acceptors (Lipinski definition) is 4. The Bertz CT molecular complexity index is 347. The highest BCUT2D eigenvalue weighted by atomic mass is 35.5. The summed E-state index contributed by atoms with van der Waals surface area (Å²) in [7, 11) is 5.64. The highest BCUT2D eigenvalue weighted by molar-refractivity contribution is 6.31. The summed E-state index contributed by atoms with van der Waals surface area (Å²) < 4.78 is 5.03. The standard InChI is InChI=1S/C12H20ClN3O/c1-14-8-10-7-12(15-9-11(10)13)16(2)5-4-6-17-3/h7,9,14H,4-6,8H2,1-3H3. The Balaban J connectivity index is 2.66. The fraction of sp³-hybridized carbons (Fsp3) is 0.583. The summed E-state index contributed by atoms with van der Waals surface area (Å²) in [6.07, 6.45) is 2.69. The molecule has 1 N–H and O–H groups in total. The van der Waals surface area contributed by atoms with Gasteiger partial charge in [-0.15, -0.1) is 0 Å². The van der Waals surface area contributed by atoms with Gasteiger partial charge in [0.1, 0.15) is 5.82 Å². The molecule has 1 rings (SSSR count). The molecule has 0 atom stereocenters. The molecule has 0 saturated heterocycles. The van der Waals surface area contributed by atoms with Crippen LogP contribution in [-0.2, 0) is 11.3 Å². The Labute approximate surface area is 108 Å². The van der Waals surface area contributed by atoms with Crippen LogP contribution in [0.15, 0.2) is 12.3 Å². The summed E-state index contributed by atoms with van der Waals surface area (Å²) in [4.78, 5) is 6.43. The van der Waals surface area contributed by atoms with Gasteiger partial charge >= 0.3 is 0 Å². The lowest BCUT2D eigenvalue weighted by molar-refractivity contribution is 0.196. The third-order valence-corrected chi connectivity index (χ3v) is 2.86. The number of anilines is 1. The lowest BCUT2D eigenvalue weighted by Gasteiger charge is -2.19. The van der Waals surface area contributed by atoms with Crippen molar-refractivity contribution in [3.63, 3.8) is 0 Å². The van der Waals surface area contributed by atoms with Crippen molar-refractivity contribution < 1.29 is 4.74 Å². The summed E-state index contributed by atoms with van der Waals surface area (Å²) in [6.45, 7) is 2.43. The zero-order valence-corrected chi connectivity index (χ0v) is 11.4. The molecule has 0 fully saturated rings. The summed E-state index contributed by atoms with van der Waals surface area (Å²) in [5, 5.41) is 3.79. The fourth-order valence-electron chi connectivity index (χ4n) is 1.56. The number of aromatic nitrogens is 1. The first-order valence-electron chi connectivity index (χ1n) is 5.68. The Morgan fingerprint density at radius 3 is 2.94 bits per heavy atom. The normalized spacial score (nSPS) is 10.6. The predicted molar refractivity (Wildman–Crippen MR) is 71.8 cm³/mol. The van der Waals surface area contributed by atoms with Crippen molar-refractivity contribution in [1.82, 2.24) is 10.3 Å². The van der Waals surface area contributed by atoms with Crippen molar-refractivity contribution in [2.24, 2.45) is 0 Å². The van der Waals surface area contributed by atoms with E-state index in [0.29, 0.717) is 5.02 Å². The molecule has 0 amide bonds. The van der Waals surface area contributed by atoms with Crippen molar-refractivity contribution in [3.8, 4) is 0 Å². The molecule has 1 aromatic heterocycles. The van der Waals surface area contributed by atoms with Gasteiger partial charge in [0.25, 0.3) is 0 Å². The van der Waals surface area contributed by atoms with Gasteiger partial charge in [-0.2, -0.15) is 0 Å². The quantitative estimate of drug-likeness (QED) is 0.758. The number of pyridine rings is 1. The van der Waals surface area contributed by atoms with E-state index in [0.717, 1.165) is 37.5 Å². The summed E-state index contributed by atoms with van der Waals surface area (Å²) in [6, 6.07) is 2.02. The van der Waals surface area contributed by atoms with Gasteiger partial charge in [-0.25, -0.2) is 4.98 Å². The molecular weight excluding hydrogens is 238 g/mol. The topological polar surface area (TPSA) is 37.4 Å². The van der Waals surface area contributed by atoms with E-state index in [4.69, 9.17) is 16.3 Å². The van der Waals surface area contributed by atoms with Crippen molar-refractivity contribution in [1.29, 1.82) is 0 Å². The van der Waals surface area contributed by atoms with E-state index in [1.54, 1.807) is 13.3 Å². The third kappa shape index (κ3) is 4.50. The average molecular weight is 258 g/mol. The van der Waals surface area contributed by atoms with Crippen LogP contribution < -0.4 is 10.2 Å². The number of hydrogen-bond donors (Lipinski definition) is 1. The Kier molecular flexibility index (Phi) is 6.26. The molecule has 17 heavy (non-hydrogen) atoms. The van der Waals surface area contributed by atoms with E-state index in [-0.39, 0.29) is 0 Å². The van der Waals surface area contributed by atoms with Crippen LogP contribution in [0, 0.1) is 0 Å². The van der Waals surface area contributed by atoms with Crippen molar-refractivity contribution in [3.05, 3.63) is 22.8 Å². The van der Waals surface area contributed by atoms with E-state index in [1.807, 2.05) is 20.2 Å². The van der Waals surface area contributed by atoms with E-state index in [9.17, 15) is 0 Å². The zero-order valence-electron chi connectivity index (χ0n) is 10.7. The molecule has 5 heteroatoms. The predicted octanol–water partition coefficient (Wildman–Crippen LogP) is 1.93. The molecular formula is C12H20ClN3O. The Morgan fingerprint density at radius 2 is 2.29 bits per heavy atom. The van der Waals surface area contributed by atoms with Crippen molar-refractivity contribution >= 4 is 17.4 Å². The molecule has 96 valence electrons. The molecule has 0 aliphatic carbocycles. The minimum atomic E-state index is 0.702. The second-order valence-corrected chi connectivity index (χ2v) is 4.34. The lowest BCUT2D eigenvalue weighted by atomic mass is 10.2. The van der Waals surface area contributed by atoms with Gasteiger partial charge < -0.3 is 15.0 Å². The first kappa shape index (κ1) is 14.2. The van der Waals surface area contributed by atoms with Gasteiger partial charge in [-0.05, 0) is 25.1 Å². The van der Waals surface area contributed by atoms with Crippen LogP contribution in [0.25, 0.3) is 0 Å². The van der Waals surface area contributed by atoms with E-state index in [2.05, 4.69) is 15.2 Å². The zero-order chi connectivity index (χ0) is 12.7. The molecule has 0 unspecified atom stereocenters. The van der Waals surface area contributed by atoms with Gasteiger partial charge in [-0.3, -0.25) is 0 Å². The lowest BCUT2D eigenvalue weighted by Crippen LogP contribution is -2.21. The first-order chi connectivity index (χ1) is 8.19. The second-order valence-electron chi connectivity index (χ2n) is 3.93. The monoisotopic (exact) mass is 257 g/mol. The average Bonchev–Trinajstić information content (AvgIpc) is 2.32. The molecule has 1 heterocycles. The van der Waals surface area contributed by atoms with Crippen LogP contribution in [-0.4, -0.2) is 39.3 Å². The van der Waals surface area contributed by atoms with Gasteiger partial charge in [-0.1, -0.05) is 11.6 Å². The van der Waals surface area contributed by atoms with E-state index in [1.165, 1.54) is 0 Å². The first-order valence-corrected chi connectivity index (χ1v) is 6.06. The SMILES string of the molecule is CNCc1cc(N(C)CCCOC)ncc1Cl. The smallest absolute Gasteiger partial charge is 0.128 e. The summed E-state index contributed by atoms with van der Waals surface area (Å²) in [5.74, 6) is 0.941. The number of nitrogens with one attached hydrogen (secondary N) is 1. The number of nitrogens with zero attached hydrogens (tertiary/aromatic N) is 2. The third-order valence-electron chi connectivity index (χ3n) is 2.52. The van der Waals surface area contributed by atoms with Crippen molar-refractivity contribution in [2.45, 2.75) is 13.0 Å². The molecule has 0 aliphatic heterocycles. The summed E-state index contributed by atoms with van der Waals surface area (Å²) in [5.41, 5.74) is 1.07. The number of methoxy groups -OCH3 is 1. The minimum absolute atomic E-state index is 0.702. The highest BCUT2D eigenvalue weighted by Crippen LogP contribution is 2.19. The van der Waals surface area contributed by atoms with E-state index >= 15 is 0 Å². The maximum atomic E-state index is 6.07. The molecule has 0 aromatic carbocycles. The van der Waals surface area contributed by atoms with Crippen LogP contribution in [0.3, 0.4) is 0 Å². The molecule has 0 spiro atoms. The van der Waals surface area contributed by atoms with Crippen LogP contribution in [0.5, 0.6) is 0 Å². The second kappa shape index (κ2) is 7.48. The van der Waals surface area contributed by atoms with Crippen molar-refractivity contribution in [2.75, 3.05) is 39.3 Å². The fourth-order valence-corrected chi connectivity index (χ4v) is 1.73. The summed E-state index contributed by atoms with van der Waals surface area (Å²) >= 11 is 6.07. The van der Waals surface area contributed by atoms with Gasteiger partial charge in [0, 0.05) is 40.1 Å². The van der Waals surface area contributed by atoms with E-state index < -0.39 is 0 Å². The van der Waals surface area contributed by atoms with Crippen LogP contribution in [0.2, 0.25) is 5.02 Å². The maximum absolute atomic E-state index is 6.07. The van der Waals surface area contributed by atoms with Gasteiger partial charge in [0.05, 0.1) is 5.02 Å². The van der Waals surface area contributed by atoms with Crippen LogP contribution in [0.1, 0.15) is 12.0 Å². The number of ether oxygens (including phenoxy) is 1. The van der Waals surface area contributed by atoms with Crippen LogP contribution in [0.4, 0.5) is 5.82 Å². The molecule has 1 aromatic rings. The number of rotatable bonds is 7. The molecule has 4 nitrogen and oxygen atoms in total. The largest absolute Gasteiger partial charge is 0.385 e. The molecule has 0 saturated carbocycles.